The van der Waals surface area contributed by atoms with Crippen molar-refractivity contribution in [3.05, 3.63) is 45.8 Å². The van der Waals surface area contributed by atoms with E-state index in [9.17, 15) is 14.4 Å². The summed E-state index contributed by atoms with van der Waals surface area (Å²) in [7, 11) is 0. The molecule has 1 aromatic rings. The van der Waals surface area contributed by atoms with Crippen LogP contribution < -0.4 is 4.90 Å². The number of thiocarbonyl (C=S) groups is 1. The fourth-order valence-electron chi connectivity index (χ4n) is 3.30. The molecule has 9 heteroatoms. The third-order valence-electron chi connectivity index (χ3n) is 4.64. The lowest BCUT2D eigenvalue weighted by molar-refractivity contribution is -0.137. The van der Waals surface area contributed by atoms with E-state index in [-0.39, 0.29) is 18.2 Å². The van der Waals surface area contributed by atoms with Gasteiger partial charge in [-0.05, 0) is 31.0 Å². The average Bonchev–Trinajstić information content (AvgIpc) is 3.08. The van der Waals surface area contributed by atoms with Gasteiger partial charge < -0.3 is 10.0 Å². The number of thioether (sulfide) groups is 1. The number of halogens is 1. The standard InChI is InChI=1S/C20H19BrN2O4S2/c1-2-9-22-14-8-7-12(21)11-13(14)16(18(22)26)17-19(27)23(20(28)29-17)10-5-3-4-6-15(24)25/h2,7-8,11H,1,3-6,9-10H2,(H,24,25). The monoisotopic (exact) mass is 494 g/mol. The zero-order valence-corrected chi connectivity index (χ0v) is 18.7. The van der Waals surface area contributed by atoms with Crippen LogP contribution in [0.5, 0.6) is 0 Å². The van der Waals surface area contributed by atoms with Gasteiger partial charge in [-0.1, -0.05) is 52.4 Å². The van der Waals surface area contributed by atoms with Gasteiger partial charge in [0, 0.05) is 29.5 Å². The predicted molar refractivity (Wildman–Crippen MR) is 122 cm³/mol. The minimum absolute atomic E-state index is 0.113. The molecule has 2 aliphatic heterocycles. The van der Waals surface area contributed by atoms with E-state index in [1.54, 1.807) is 11.0 Å². The first-order valence-corrected chi connectivity index (χ1v) is 11.1. The van der Waals surface area contributed by atoms with Gasteiger partial charge in [-0.25, -0.2) is 0 Å². The van der Waals surface area contributed by atoms with Gasteiger partial charge in [0.05, 0.1) is 16.2 Å². The van der Waals surface area contributed by atoms with Crippen molar-refractivity contribution in [1.82, 2.24) is 4.90 Å². The lowest BCUT2D eigenvalue weighted by Crippen LogP contribution is -2.30. The van der Waals surface area contributed by atoms with Crippen LogP contribution in [-0.2, 0) is 14.4 Å². The van der Waals surface area contributed by atoms with Gasteiger partial charge in [0.15, 0.2) is 0 Å². The first-order valence-electron chi connectivity index (χ1n) is 9.07. The molecule has 0 saturated carbocycles. The van der Waals surface area contributed by atoms with Crippen molar-refractivity contribution in [3.63, 3.8) is 0 Å². The van der Waals surface area contributed by atoms with Crippen LogP contribution in [0.1, 0.15) is 31.2 Å². The quantitative estimate of drug-likeness (QED) is 0.252. The van der Waals surface area contributed by atoms with Crippen LogP contribution in [0.15, 0.2) is 40.2 Å². The molecule has 6 nitrogen and oxygen atoms in total. The van der Waals surface area contributed by atoms with Crippen molar-refractivity contribution in [2.24, 2.45) is 0 Å². The van der Waals surface area contributed by atoms with E-state index in [1.165, 1.54) is 4.90 Å². The summed E-state index contributed by atoms with van der Waals surface area (Å²) in [4.78, 5) is 40.2. The molecule has 1 saturated heterocycles. The molecule has 0 aromatic heterocycles. The average molecular weight is 495 g/mol. The summed E-state index contributed by atoms with van der Waals surface area (Å²) in [5, 5.41) is 8.71. The smallest absolute Gasteiger partial charge is 0.303 e. The van der Waals surface area contributed by atoms with Crippen molar-refractivity contribution in [2.75, 3.05) is 18.0 Å². The highest BCUT2D eigenvalue weighted by Crippen LogP contribution is 2.45. The Hall–Kier alpha value is -1.97. The third-order valence-corrected chi connectivity index (χ3v) is 6.58. The van der Waals surface area contributed by atoms with Crippen LogP contribution in [0.2, 0.25) is 0 Å². The molecule has 0 spiro atoms. The van der Waals surface area contributed by atoms with Crippen molar-refractivity contribution in [2.45, 2.75) is 25.7 Å². The van der Waals surface area contributed by atoms with Gasteiger partial charge in [-0.2, -0.15) is 0 Å². The molecular formula is C20H19BrN2O4S2. The number of carboxylic acids is 1. The van der Waals surface area contributed by atoms with Gasteiger partial charge in [0.2, 0.25) is 0 Å². The number of hydrogen-bond donors (Lipinski definition) is 1. The van der Waals surface area contributed by atoms with Crippen molar-refractivity contribution in [3.8, 4) is 0 Å². The number of hydrogen-bond acceptors (Lipinski definition) is 5. The van der Waals surface area contributed by atoms with Crippen LogP contribution in [0.25, 0.3) is 5.57 Å². The molecule has 2 aliphatic rings. The van der Waals surface area contributed by atoms with Gasteiger partial charge in [-0.3, -0.25) is 19.3 Å². The maximum Gasteiger partial charge on any atom is 0.303 e. The molecule has 1 N–H and O–H groups in total. The van der Waals surface area contributed by atoms with Crippen molar-refractivity contribution in [1.29, 1.82) is 0 Å². The molecule has 152 valence electrons. The van der Waals surface area contributed by atoms with E-state index in [1.807, 2.05) is 18.2 Å². The first kappa shape index (κ1) is 21.7. The number of anilines is 1. The molecule has 3 rings (SSSR count). The van der Waals surface area contributed by atoms with Crippen molar-refractivity contribution >= 4 is 73.3 Å². The second kappa shape index (κ2) is 9.23. The highest BCUT2D eigenvalue weighted by Gasteiger charge is 2.41. The minimum Gasteiger partial charge on any atom is -0.481 e. The minimum atomic E-state index is -0.825. The summed E-state index contributed by atoms with van der Waals surface area (Å²) in [5.41, 5.74) is 1.81. The number of carbonyl (C=O) groups excluding carboxylic acids is 2. The Kier molecular flexibility index (Phi) is 6.92. The number of aliphatic carboxylic acids is 1. The van der Waals surface area contributed by atoms with E-state index in [4.69, 9.17) is 17.3 Å². The molecule has 1 aromatic carbocycles. The van der Waals surface area contributed by atoms with Gasteiger partial charge in [0.25, 0.3) is 11.8 Å². The van der Waals surface area contributed by atoms with Crippen LogP contribution >= 0.6 is 39.9 Å². The summed E-state index contributed by atoms with van der Waals surface area (Å²) >= 11 is 9.96. The van der Waals surface area contributed by atoms with Gasteiger partial charge in [0.1, 0.15) is 4.32 Å². The SMILES string of the molecule is C=CCN1C(=O)C(=C2SC(=S)N(CCCCCC(=O)O)C2=O)c2cc(Br)ccc21. The van der Waals surface area contributed by atoms with E-state index in [0.29, 0.717) is 52.7 Å². The number of amides is 2. The molecule has 29 heavy (non-hydrogen) atoms. The normalized spacial score (nSPS) is 18.6. The number of rotatable bonds is 8. The Morgan fingerprint density at radius 3 is 2.66 bits per heavy atom. The summed E-state index contributed by atoms with van der Waals surface area (Å²) in [6.07, 6.45) is 3.66. The molecule has 2 amide bonds. The van der Waals surface area contributed by atoms with Gasteiger partial charge >= 0.3 is 5.97 Å². The highest BCUT2D eigenvalue weighted by molar-refractivity contribution is 9.10. The zero-order valence-electron chi connectivity index (χ0n) is 15.5. The topological polar surface area (TPSA) is 77.9 Å². The number of unbranched alkanes of at least 4 members (excludes halogenated alkanes) is 2. The van der Waals surface area contributed by atoms with E-state index in [0.717, 1.165) is 21.9 Å². The molecule has 0 bridgehead atoms. The maximum atomic E-state index is 13.1. The maximum absolute atomic E-state index is 13.1. The fourth-order valence-corrected chi connectivity index (χ4v) is 5.04. The molecule has 2 heterocycles. The Morgan fingerprint density at radius 1 is 1.21 bits per heavy atom. The molecule has 0 radical (unpaired) electrons. The summed E-state index contributed by atoms with van der Waals surface area (Å²) < 4.78 is 1.23. The Bertz CT molecular complexity index is 944. The molecule has 0 atom stereocenters. The molecule has 1 fully saturated rings. The van der Waals surface area contributed by atoms with E-state index >= 15 is 0 Å². The number of nitrogens with zero attached hydrogens (tertiary/aromatic N) is 2. The van der Waals surface area contributed by atoms with Crippen LogP contribution in [0, 0.1) is 0 Å². The molecular weight excluding hydrogens is 476 g/mol. The summed E-state index contributed by atoms with van der Waals surface area (Å²) in [5.74, 6) is -1.33. The van der Waals surface area contributed by atoms with Crippen LogP contribution in [-0.4, -0.2) is 45.2 Å². The second-order valence-electron chi connectivity index (χ2n) is 6.60. The Balaban J connectivity index is 1.85. The van der Waals surface area contributed by atoms with Crippen LogP contribution in [0.3, 0.4) is 0 Å². The number of fused-ring (bicyclic) bond motifs is 1. The Morgan fingerprint density at radius 2 is 1.97 bits per heavy atom. The lowest BCUT2D eigenvalue weighted by atomic mass is 10.1. The molecule has 0 unspecified atom stereocenters. The number of benzene rings is 1. The van der Waals surface area contributed by atoms with Gasteiger partial charge in [-0.15, -0.1) is 6.58 Å². The molecule has 0 aliphatic carbocycles. The largest absolute Gasteiger partial charge is 0.481 e. The second-order valence-corrected chi connectivity index (χ2v) is 9.16. The number of carboxylic acid groups (broad SMARTS) is 1. The fraction of sp³-hybridized carbons (Fsp3) is 0.300. The summed E-state index contributed by atoms with van der Waals surface area (Å²) in [6.45, 7) is 4.47. The first-order chi connectivity index (χ1) is 13.8. The third kappa shape index (κ3) is 4.46. The van der Waals surface area contributed by atoms with Crippen molar-refractivity contribution < 1.29 is 19.5 Å². The van der Waals surface area contributed by atoms with E-state index < -0.39 is 5.97 Å². The lowest BCUT2D eigenvalue weighted by Gasteiger charge is -2.14. The van der Waals surface area contributed by atoms with Crippen LogP contribution in [0.4, 0.5) is 5.69 Å². The zero-order chi connectivity index (χ0) is 21.1. The highest BCUT2D eigenvalue weighted by atomic mass is 79.9. The number of carbonyl (C=O) groups is 3. The summed E-state index contributed by atoms with van der Waals surface area (Å²) in [6, 6.07) is 5.54. The predicted octanol–water partition coefficient (Wildman–Crippen LogP) is 4.20. The Labute approximate surface area is 186 Å². The van der Waals surface area contributed by atoms with E-state index in [2.05, 4.69) is 22.5 Å².